The van der Waals surface area contributed by atoms with Crippen LogP contribution in [0.15, 0.2) is 42.5 Å². The Morgan fingerprint density at radius 3 is 2.46 bits per heavy atom. The van der Waals surface area contributed by atoms with Crippen LogP contribution < -0.4 is 14.8 Å². The number of carbonyl (C=O) groups is 1. The summed E-state index contributed by atoms with van der Waals surface area (Å²) in [7, 11) is 0. The summed E-state index contributed by atoms with van der Waals surface area (Å²) in [5.41, 5.74) is 0.397. The van der Waals surface area contributed by atoms with Crippen molar-refractivity contribution in [1.29, 1.82) is 0 Å². The molecule has 0 fully saturated rings. The minimum Gasteiger partial charge on any atom is -0.454 e. The summed E-state index contributed by atoms with van der Waals surface area (Å²) >= 11 is 0. The number of rotatable bonds is 4. The molecule has 8 heteroatoms. The first-order chi connectivity index (χ1) is 12.4. The highest BCUT2D eigenvalue weighted by atomic mass is 19.4. The van der Waals surface area contributed by atoms with Gasteiger partial charge in [0.25, 0.3) is 0 Å². The van der Waals surface area contributed by atoms with E-state index in [2.05, 4.69) is 5.32 Å². The molecule has 1 N–H and O–H groups in total. The maximum absolute atomic E-state index is 12.6. The maximum atomic E-state index is 12.6. The van der Waals surface area contributed by atoms with Crippen molar-refractivity contribution in [3.8, 4) is 11.5 Å². The van der Waals surface area contributed by atoms with Gasteiger partial charge in [0, 0.05) is 18.8 Å². The van der Waals surface area contributed by atoms with E-state index in [0.717, 1.165) is 17.7 Å². The van der Waals surface area contributed by atoms with Gasteiger partial charge < -0.3 is 19.7 Å². The molecule has 0 atom stereocenters. The minimum absolute atomic E-state index is 0.171. The number of nitrogens with one attached hydrogen (secondary N) is 1. The van der Waals surface area contributed by atoms with E-state index in [9.17, 15) is 18.0 Å². The number of alkyl halides is 3. The van der Waals surface area contributed by atoms with Crippen LogP contribution in [0, 0.1) is 0 Å². The number of fused-ring (bicyclic) bond motifs is 1. The van der Waals surface area contributed by atoms with Crippen LogP contribution in [0.1, 0.15) is 18.1 Å². The summed E-state index contributed by atoms with van der Waals surface area (Å²) in [6.07, 6.45) is -4.41. The largest absolute Gasteiger partial charge is 0.454 e. The number of amides is 2. The van der Waals surface area contributed by atoms with Gasteiger partial charge in [-0.25, -0.2) is 4.79 Å². The van der Waals surface area contributed by atoms with Gasteiger partial charge in [-0.15, -0.1) is 0 Å². The first kappa shape index (κ1) is 17.9. The number of halogens is 3. The molecule has 0 unspecified atom stereocenters. The van der Waals surface area contributed by atoms with Crippen molar-refractivity contribution in [2.75, 3.05) is 18.7 Å². The van der Waals surface area contributed by atoms with Gasteiger partial charge in [-0.3, -0.25) is 0 Å². The number of hydrogen-bond donors (Lipinski definition) is 1. The Bertz CT molecular complexity index is 791. The van der Waals surface area contributed by atoms with Crippen molar-refractivity contribution >= 4 is 11.7 Å². The van der Waals surface area contributed by atoms with E-state index in [1.165, 1.54) is 17.0 Å². The van der Waals surface area contributed by atoms with Gasteiger partial charge in [-0.1, -0.05) is 6.07 Å². The monoisotopic (exact) mass is 366 g/mol. The number of nitrogens with zero attached hydrogens (tertiary/aromatic N) is 1. The number of benzene rings is 2. The number of urea groups is 1. The Hall–Kier alpha value is -2.90. The second-order valence-corrected chi connectivity index (χ2v) is 5.71. The van der Waals surface area contributed by atoms with Crippen molar-refractivity contribution in [3.05, 3.63) is 53.6 Å². The molecule has 1 aliphatic rings. The van der Waals surface area contributed by atoms with Crippen LogP contribution in [0.2, 0.25) is 0 Å². The summed E-state index contributed by atoms with van der Waals surface area (Å²) in [5.74, 6) is 1.28. The smallest absolute Gasteiger partial charge is 0.416 e. The molecule has 2 aromatic rings. The minimum atomic E-state index is -4.41. The molecular formula is C18H17F3N2O3. The van der Waals surface area contributed by atoms with E-state index in [4.69, 9.17) is 9.47 Å². The molecule has 0 aliphatic carbocycles. The van der Waals surface area contributed by atoms with E-state index in [-0.39, 0.29) is 6.79 Å². The van der Waals surface area contributed by atoms with Crippen LogP contribution in [-0.2, 0) is 12.7 Å². The topological polar surface area (TPSA) is 50.8 Å². The summed E-state index contributed by atoms with van der Waals surface area (Å²) in [6.45, 7) is 2.75. The van der Waals surface area contributed by atoms with Crippen LogP contribution in [-0.4, -0.2) is 24.3 Å². The van der Waals surface area contributed by atoms with Crippen molar-refractivity contribution < 1.29 is 27.4 Å². The SMILES string of the molecule is CCN(Cc1ccc2c(c1)OCO2)C(=O)Nc1ccc(C(F)(F)F)cc1. The molecule has 0 aromatic heterocycles. The Balaban J connectivity index is 1.65. The lowest BCUT2D eigenvalue weighted by atomic mass is 10.2. The molecule has 0 spiro atoms. The van der Waals surface area contributed by atoms with E-state index >= 15 is 0 Å². The first-order valence-electron chi connectivity index (χ1n) is 7.98. The summed E-state index contributed by atoms with van der Waals surface area (Å²) < 4.78 is 48.3. The lowest BCUT2D eigenvalue weighted by Gasteiger charge is -2.22. The predicted octanol–water partition coefficient (Wildman–Crippen LogP) is 4.49. The summed E-state index contributed by atoms with van der Waals surface area (Å²) in [6, 6.07) is 9.35. The van der Waals surface area contributed by atoms with Crippen LogP contribution >= 0.6 is 0 Å². The zero-order valence-corrected chi connectivity index (χ0v) is 14.0. The molecule has 5 nitrogen and oxygen atoms in total. The van der Waals surface area contributed by atoms with Gasteiger partial charge >= 0.3 is 12.2 Å². The zero-order valence-electron chi connectivity index (χ0n) is 14.0. The van der Waals surface area contributed by atoms with Crippen molar-refractivity contribution in [2.24, 2.45) is 0 Å². The van der Waals surface area contributed by atoms with Crippen LogP contribution in [0.4, 0.5) is 23.7 Å². The molecule has 0 saturated carbocycles. The Morgan fingerprint density at radius 2 is 1.81 bits per heavy atom. The summed E-state index contributed by atoms with van der Waals surface area (Å²) in [5, 5.41) is 2.61. The zero-order chi connectivity index (χ0) is 18.7. The van der Waals surface area contributed by atoms with Gasteiger partial charge in [0.1, 0.15) is 0 Å². The van der Waals surface area contributed by atoms with E-state index in [1.807, 2.05) is 13.0 Å². The third kappa shape index (κ3) is 4.01. The molecule has 2 amide bonds. The van der Waals surface area contributed by atoms with Gasteiger partial charge in [0.15, 0.2) is 11.5 Å². The van der Waals surface area contributed by atoms with Crippen LogP contribution in [0.3, 0.4) is 0 Å². The molecule has 0 bridgehead atoms. The number of ether oxygens (including phenoxy) is 2. The highest BCUT2D eigenvalue weighted by Gasteiger charge is 2.30. The van der Waals surface area contributed by atoms with Gasteiger partial charge in [-0.05, 0) is 48.9 Å². The van der Waals surface area contributed by atoms with Crippen molar-refractivity contribution in [3.63, 3.8) is 0 Å². The molecular weight excluding hydrogens is 349 g/mol. The van der Waals surface area contributed by atoms with Gasteiger partial charge in [0.05, 0.1) is 5.56 Å². The quantitative estimate of drug-likeness (QED) is 0.868. The average molecular weight is 366 g/mol. The van der Waals surface area contributed by atoms with E-state index in [0.29, 0.717) is 30.3 Å². The lowest BCUT2D eigenvalue weighted by molar-refractivity contribution is -0.137. The van der Waals surface area contributed by atoms with Gasteiger partial charge in [0.2, 0.25) is 6.79 Å². The highest BCUT2D eigenvalue weighted by molar-refractivity contribution is 5.89. The van der Waals surface area contributed by atoms with Crippen LogP contribution in [0.25, 0.3) is 0 Å². The molecule has 1 heterocycles. The number of anilines is 1. The number of carbonyl (C=O) groups excluding carboxylic acids is 1. The molecule has 0 radical (unpaired) electrons. The third-order valence-corrected chi connectivity index (χ3v) is 3.94. The molecule has 0 saturated heterocycles. The van der Waals surface area contributed by atoms with Crippen molar-refractivity contribution in [1.82, 2.24) is 4.90 Å². The normalized spacial score (nSPS) is 12.8. The standard InChI is InChI=1S/C18H17F3N2O3/c1-2-23(10-12-3-8-15-16(9-12)26-11-25-15)17(24)22-14-6-4-13(5-7-14)18(19,20)21/h3-9H,2,10-11H2,1H3,(H,22,24). The first-order valence-corrected chi connectivity index (χ1v) is 7.98. The Kier molecular flexibility index (Phi) is 4.92. The molecule has 26 heavy (non-hydrogen) atoms. The van der Waals surface area contributed by atoms with E-state index < -0.39 is 17.8 Å². The van der Waals surface area contributed by atoms with Gasteiger partial charge in [-0.2, -0.15) is 13.2 Å². The summed E-state index contributed by atoms with van der Waals surface area (Å²) in [4.78, 5) is 13.9. The predicted molar refractivity (Wildman–Crippen MR) is 89.1 cm³/mol. The highest BCUT2D eigenvalue weighted by Crippen LogP contribution is 2.33. The Morgan fingerprint density at radius 1 is 1.12 bits per heavy atom. The Labute approximate surface area is 148 Å². The maximum Gasteiger partial charge on any atom is 0.416 e. The fourth-order valence-corrected chi connectivity index (χ4v) is 2.53. The second-order valence-electron chi connectivity index (χ2n) is 5.71. The fraction of sp³-hybridized carbons (Fsp3) is 0.278. The van der Waals surface area contributed by atoms with Crippen LogP contribution in [0.5, 0.6) is 11.5 Å². The second kappa shape index (κ2) is 7.15. The average Bonchev–Trinajstić information content (AvgIpc) is 3.07. The van der Waals surface area contributed by atoms with E-state index in [1.54, 1.807) is 12.1 Å². The third-order valence-electron chi connectivity index (χ3n) is 3.94. The molecule has 3 rings (SSSR count). The number of hydrogen-bond acceptors (Lipinski definition) is 3. The fourth-order valence-electron chi connectivity index (χ4n) is 2.53. The van der Waals surface area contributed by atoms with Crippen molar-refractivity contribution in [2.45, 2.75) is 19.6 Å². The molecule has 1 aliphatic heterocycles. The molecule has 2 aromatic carbocycles. The lowest BCUT2D eigenvalue weighted by Crippen LogP contribution is -2.34. The molecule has 138 valence electrons.